The van der Waals surface area contributed by atoms with Gasteiger partial charge in [-0.25, -0.2) is 4.98 Å². The molecule has 0 saturated carbocycles. The molecule has 0 radical (unpaired) electrons. The summed E-state index contributed by atoms with van der Waals surface area (Å²) in [7, 11) is 0. The summed E-state index contributed by atoms with van der Waals surface area (Å²) >= 11 is 3.49. The maximum absolute atomic E-state index is 6.14. The Bertz CT molecular complexity index is 976. The first kappa shape index (κ1) is 13.3. The highest BCUT2D eigenvalue weighted by molar-refractivity contribution is 9.10. The molecule has 0 aliphatic heterocycles. The number of hydrogen-bond donors (Lipinski definition) is 1. The number of pyridine rings is 1. The molecule has 0 atom stereocenters. The first-order chi connectivity index (χ1) is 10.7. The van der Waals surface area contributed by atoms with Crippen LogP contribution in [0.15, 0.2) is 59.2 Å². The fraction of sp³-hybridized carbons (Fsp3) is 0.0588. The van der Waals surface area contributed by atoms with E-state index in [9.17, 15) is 0 Å². The van der Waals surface area contributed by atoms with Gasteiger partial charge in [-0.05, 0) is 23.8 Å². The third-order valence-electron chi connectivity index (χ3n) is 3.75. The molecule has 0 bridgehead atoms. The lowest BCUT2D eigenvalue weighted by molar-refractivity contribution is 0.840. The molecule has 0 saturated heterocycles. The van der Waals surface area contributed by atoms with Crippen molar-refractivity contribution in [3.05, 3.63) is 64.8 Å². The number of fused-ring (bicyclic) bond motifs is 3. The first-order valence-electron chi connectivity index (χ1n) is 6.96. The van der Waals surface area contributed by atoms with Gasteiger partial charge in [0, 0.05) is 9.86 Å². The highest BCUT2D eigenvalue weighted by Gasteiger charge is 2.13. The zero-order valence-corrected chi connectivity index (χ0v) is 13.3. The molecule has 4 aromatic rings. The second kappa shape index (κ2) is 5.10. The van der Waals surface area contributed by atoms with Gasteiger partial charge in [-0.2, -0.15) is 0 Å². The number of nitrogen functional groups attached to an aromatic ring is 1. The normalized spacial score (nSPS) is 11.3. The summed E-state index contributed by atoms with van der Waals surface area (Å²) in [6.45, 7) is 0.693. The molecule has 108 valence electrons. The molecule has 2 aromatic heterocycles. The molecule has 0 amide bonds. The Morgan fingerprint density at radius 3 is 2.68 bits per heavy atom. The standard InChI is InChI=1S/C17H13BrN4/c18-12-6-7-13-14(8-12)20-9-15-16(13)22(17(19)21-15)10-11-4-2-1-3-5-11/h1-9H,10H2,(H2,19,21). The average Bonchev–Trinajstić information content (AvgIpc) is 2.84. The van der Waals surface area contributed by atoms with E-state index < -0.39 is 0 Å². The summed E-state index contributed by atoms with van der Waals surface area (Å²) in [5, 5.41) is 1.06. The van der Waals surface area contributed by atoms with E-state index in [1.807, 2.05) is 34.9 Å². The highest BCUT2D eigenvalue weighted by Crippen LogP contribution is 2.28. The van der Waals surface area contributed by atoms with Crippen molar-refractivity contribution in [2.45, 2.75) is 6.54 Å². The summed E-state index contributed by atoms with van der Waals surface area (Å²) in [6.07, 6.45) is 1.78. The van der Waals surface area contributed by atoms with Crippen LogP contribution in [-0.4, -0.2) is 14.5 Å². The molecular formula is C17H13BrN4. The van der Waals surface area contributed by atoms with Crippen molar-refractivity contribution < 1.29 is 0 Å². The van der Waals surface area contributed by atoms with Gasteiger partial charge in [-0.15, -0.1) is 0 Å². The number of nitrogens with zero attached hydrogens (tertiary/aromatic N) is 3. The minimum absolute atomic E-state index is 0.510. The molecular weight excluding hydrogens is 340 g/mol. The number of nitrogens with two attached hydrogens (primary N) is 1. The Kier molecular flexibility index (Phi) is 3.08. The van der Waals surface area contributed by atoms with Crippen LogP contribution in [0.25, 0.3) is 21.9 Å². The fourth-order valence-corrected chi connectivity index (χ4v) is 3.08. The van der Waals surface area contributed by atoms with Crippen LogP contribution in [0, 0.1) is 0 Å². The first-order valence-corrected chi connectivity index (χ1v) is 7.75. The zero-order valence-electron chi connectivity index (χ0n) is 11.7. The second-order valence-electron chi connectivity index (χ2n) is 5.20. The van der Waals surface area contributed by atoms with Gasteiger partial charge < -0.3 is 10.3 Å². The largest absolute Gasteiger partial charge is 0.369 e. The van der Waals surface area contributed by atoms with Crippen molar-refractivity contribution in [3.63, 3.8) is 0 Å². The molecule has 0 aliphatic rings. The monoisotopic (exact) mass is 352 g/mol. The predicted octanol–water partition coefficient (Wildman–Crippen LogP) is 3.98. The number of halogens is 1. The fourth-order valence-electron chi connectivity index (χ4n) is 2.73. The van der Waals surface area contributed by atoms with Crippen LogP contribution in [0.2, 0.25) is 0 Å². The molecule has 4 nitrogen and oxygen atoms in total. The molecule has 0 spiro atoms. The van der Waals surface area contributed by atoms with Gasteiger partial charge in [0.05, 0.1) is 23.8 Å². The summed E-state index contributed by atoms with van der Waals surface area (Å²) in [5.41, 5.74) is 10.1. The maximum atomic E-state index is 6.14. The van der Waals surface area contributed by atoms with Crippen LogP contribution in [0.5, 0.6) is 0 Å². The minimum atomic E-state index is 0.510. The summed E-state index contributed by atoms with van der Waals surface area (Å²) < 4.78 is 3.05. The molecule has 2 N–H and O–H groups in total. The Balaban J connectivity index is 1.99. The van der Waals surface area contributed by atoms with Crippen molar-refractivity contribution >= 4 is 43.8 Å². The Labute approximate surface area is 135 Å². The van der Waals surface area contributed by atoms with Crippen molar-refractivity contribution in [2.24, 2.45) is 0 Å². The van der Waals surface area contributed by atoms with E-state index in [-0.39, 0.29) is 0 Å². The Hall–Kier alpha value is -2.40. The Morgan fingerprint density at radius 2 is 1.86 bits per heavy atom. The summed E-state index contributed by atoms with van der Waals surface area (Å²) in [4.78, 5) is 8.92. The van der Waals surface area contributed by atoms with Gasteiger partial charge in [-0.3, -0.25) is 4.98 Å². The van der Waals surface area contributed by atoms with E-state index in [4.69, 9.17) is 5.73 Å². The topological polar surface area (TPSA) is 56.7 Å². The molecule has 22 heavy (non-hydrogen) atoms. The van der Waals surface area contributed by atoms with E-state index in [1.54, 1.807) is 6.20 Å². The summed E-state index contributed by atoms with van der Waals surface area (Å²) in [5.74, 6) is 0.510. The van der Waals surface area contributed by atoms with Crippen LogP contribution in [0.4, 0.5) is 5.95 Å². The van der Waals surface area contributed by atoms with Gasteiger partial charge in [0.15, 0.2) is 0 Å². The second-order valence-corrected chi connectivity index (χ2v) is 6.11. The quantitative estimate of drug-likeness (QED) is 0.593. The number of aromatic nitrogens is 3. The maximum Gasteiger partial charge on any atom is 0.201 e. The van der Waals surface area contributed by atoms with Crippen LogP contribution in [-0.2, 0) is 6.54 Å². The SMILES string of the molecule is Nc1nc2cnc3cc(Br)ccc3c2n1Cc1ccccc1. The average molecular weight is 353 g/mol. The van der Waals surface area contributed by atoms with Crippen LogP contribution < -0.4 is 5.73 Å². The molecule has 2 heterocycles. The van der Waals surface area contributed by atoms with Gasteiger partial charge >= 0.3 is 0 Å². The van der Waals surface area contributed by atoms with E-state index in [0.29, 0.717) is 12.5 Å². The van der Waals surface area contributed by atoms with Crippen LogP contribution in [0.3, 0.4) is 0 Å². The lowest BCUT2D eigenvalue weighted by Crippen LogP contribution is -2.04. The molecule has 0 aliphatic carbocycles. The number of benzene rings is 2. The number of rotatable bonds is 2. The lowest BCUT2D eigenvalue weighted by atomic mass is 10.2. The van der Waals surface area contributed by atoms with Gasteiger partial charge in [0.1, 0.15) is 5.52 Å². The van der Waals surface area contributed by atoms with Crippen molar-refractivity contribution in [1.82, 2.24) is 14.5 Å². The minimum Gasteiger partial charge on any atom is -0.369 e. The van der Waals surface area contributed by atoms with Crippen LogP contribution >= 0.6 is 15.9 Å². The highest BCUT2D eigenvalue weighted by atomic mass is 79.9. The molecule has 0 fully saturated rings. The van der Waals surface area contributed by atoms with Gasteiger partial charge in [-0.1, -0.05) is 46.3 Å². The van der Waals surface area contributed by atoms with Crippen molar-refractivity contribution in [2.75, 3.05) is 5.73 Å². The molecule has 5 heteroatoms. The third kappa shape index (κ3) is 2.14. The molecule has 2 aromatic carbocycles. The van der Waals surface area contributed by atoms with Crippen molar-refractivity contribution in [1.29, 1.82) is 0 Å². The lowest BCUT2D eigenvalue weighted by Gasteiger charge is -2.08. The molecule has 0 unspecified atom stereocenters. The van der Waals surface area contributed by atoms with E-state index in [0.717, 1.165) is 26.4 Å². The molecule has 4 rings (SSSR count). The van der Waals surface area contributed by atoms with Crippen LogP contribution in [0.1, 0.15) is 5.56 Å². The smallest absolute Gasteiger partial charge is 0.201 e. The van der Waals surface area contributed by atoms with E-state index in [2.05, 4.69) is 44.1 Å². The van der Waals surface area contributed by atoms with Gasteiger partial charge in [0.2, 0.25) is 5.95 Å². The Morgan fingerprint density at radius 1 is 1.05 bits per heavy atom. The van der Waals surface area contributed by atoms with E-state index >= 15 is 0 Å². The van der Waals surface area contributed by atoms with Crippen molar-refractivity contribution in [3.8, 4) is 0 Å². The predicted molar refractivity (Wildman–Crippen MR) is 92.7 cm³/mol. The number of hydrogen-bond acceptors (Lipinski definition) is 3. The van der Waals surface area contributed by atoms with Gasteiger partial charge in [0.25, 0.3) is 0 Å². The summed E-state index contributed by atoms with van der Waals surface area (Å²) in [6, 6.07) is 16.3. The number of anilines is 1. The number of imidazole rings is 1. The van der Waals surface area contributed by atoms with E-state index in [1.165, 1.54) is 5.56 Å². The third-order valence-corrected chi connectivity index (χ3v) is 4.24. The zero-order chi connectivity index (χ0) is 15.1.